The van der Waals surface area contributed by atoms with Crippen molar-refractivity contribution in [1.82, 2.24) is 0 Å². The summed E-state index contributed by atoms with van der Waals surface area (Å²) in [6, 6.07) is 0. The molecule has 0 radical (unpaired) electrons. The molecule has 0 unspecified atom stereocenters. The Morgan fingerprint density at radius 2 is 1.47 bits per heavy atom. The minimum Gasteiger partial charge on any atom is -0.463 e. The van der Waals surface area contributed by atoms with Crippen molar-refractivity contribution in [2.75, 3.05) is 0 Å². The van der Waals surface area contributed by atoms with Crippen LogP contribution in [0.3, 0.4) is 0 Å². The predicted octanol–water partition coefficient (Wildman–Crippen LogP) is 3.40. The monoisotopic (exact) mass is 450 g/mol. The summed E-state index contributed by atoms with van der Waals surface area (Å²) in [6.07, 6.45) is 4.18. The molecule has 0 bridgehead atoms. The zero-order chi connectivity index (χ0) is 23.4. The Morgan fingerprint density at radius 3 is 2.09 bits per heavy atom. The van der Waals surface area contributed by atoms with Gasteiger partial charge in [-0.05, 0) is 68.1 Å². The minimum atomic E-state index is -0.541. The molecular formula is C25H38O7. The molecule has 4 saturated carbocycles. The van der Waals surface area contributed by atoms with Crippen molar-refractivity contribution in [1.29, 1.82) is 0 Å². The van der Waals surface area contributed by atoms with Gasteiger partial charge in [0.05, 0.1) is 6.10 Å². The molecule has 0 aliphatic heterocycles. The number of rotatable bonds is 3. The smallest absolute Gasteiger partial charge is 0.302 e. The Morgan fingerprint density at radius 1 is 0.812 bits per heavy atom. The maximum Gasteiger partial charge on any atom is 0.302 e. The highest BCUT2D eigenvalue weighted by Crippen LogP contribution is 2.67. The van der Waals surface area contributed by atoms with Crippen LogP contribution in [-0.2, 0) is 28.6 Å². The maximum absolute atomic E-state index is 12.1. The molecule has 4 fully saturated rings. The van der Waals surface area contributed by atoms with Gasteiger partial charge < -0.3 is 19.3 Å². The number of ether oxygens (including phenoxy) is 3. The second-order valence-electron chi connectivity index (χ2n) is 11.2. The van der Waals surface area contributed by atoms with Gasteiger partial charge in [0.1, 0.15) is 18.3 Å². The van der Waals surface area contributed by atoms with E-state index in [1.54, 1.807) is 0 Å². The summed E-state index contributed by atoms with van der Waals surface area (Å²) < 4.78 is 17.4. The average Bonchev–Trinajstić information content (AvgIpc) is 2.98. The molecule has 0 amide bonds. The van der Waals surface area contributed by atoms with Crippen LogP contribution in [0.25, 0.3) is 0 Å². The second-order valence-corrected chi connectivity index (χ2v) is 11.2. The third-order valence-electron chi connectivity index (χ3n) is 9.60. The highest BCUT2D eigenvalue weighted by Gasteiger charge is 2.67. The van der Waals surface area contributed by atoms with Crippen LogP contribution in [0.4, 0.5) is 0 Å². The quantitative estimate of drug-likeness (QED) is 0.520. The van der Waals surface area contributed by atoms with Crippen LogP contribution in [0, 0.1) is 34.5 Å². The van der Waals surface area contributed by atoms with Gasteiger partial charge in [-0.25, -0.2) is 0 Å². The van der Waals surface area contributed by atoms with E-state index in [9.17, 15) is 19.5 Å². The largest absolute Gasteiger partial charge is 0.463 e. The lowest BCUT2D eigenvalue weighted by atomic mass is 9.43. The molecule has 7 nitrogen and oxygen atoms in total. The fraction of sp³-hybridized carbons (Fsp3) is 0.880. The van der Waals surface area contributed by atoms with Gasteiger partial charge in [0.15, 0.2) is 0 Å². The third-order valence-corrected chi connectivity index (χ3v) is 9.60. The lowest BCUT2D eigenvalue weighted by Crippen LogP contribution is -2.63. The van der Waals surface area contributed by atoms with Gasteiger partial charge in [-0.1, -0.05) is 13.8 Å². The van der Waals surface area contributed by atoms with Crippen molar-refractivity contribution in [3.8, 4) is 0 Å². The van der Waals surface area contributed by atoms with E-state index in [4.69, 9.17) is 14.2 Å². The lowest BCUT2D eigenvalue weighted by molar-refractivity contribution is -0.226. The standard InChI is InChI=1S/C25H38O7/c1-13(26)30-17-8-9-24(4)16(10-17)11-20(31-14(2)27)23-18-6-7-21(29)25(18,5)22(12-19(23)24)32-15(3)28/h16-23,29H,6-12H2,1-5H3/t16-,17+,18-,19-,20+,21-,22-,23-,24-,25-/m0/s1. The van der Waals surface area contributed by atoms with E-state index in [-0.39, 0.29) is 65.3 Å². The molecule has 0 aromatic rings. The van der Waals surface area contributed by atoms with E-state index in [0.717, 1.165) is 32.1 Å². The van der Waals surface area contributed by atoms with Crippen LogP contribution in [0.15, 0.2) is 0 Å². The fourth-order valence-electron chi connectivity index (χ4n) is 8.14. The van der Waals surface area contributed by atoms with Crippen molar-refractivity contribution in [3.05, 3.63) is 0 Å². The van der Waals surface area contributed by atoms with Gasteiger partial charge >= 0.3 is 17.9 Å². The number of aliphatic hydroxyl groups is 1. The highest BCUT2D eigenvalue weighted by molar-refractivity contribution is 5.67. The molecule has 4 rings (SSSR count). The number of carbonyl (C=O) groups is 3. The first-order valence-electron chi connectivity index (χ1n) is 12.2. The van der Waals surface area contributed by atoms with E-state index in [2.05, 4.69) is 13.8 Å². The van der Waals surface area contributed by atoms with E-state index >= 15 is 0 Å². The minimum absolute atomic E-state index is 0.0226. The summed E-state index contributed by atoms with van der Waals surface area (Å²) in [5, 5.41) is 11.0. The summed E-state index contributed by atoms with van der Waals surface area (Å²) >= 11 is 0. The maximum atomic E-state index is 12.1. The second kappa shape index (κ2) is 8.30. The zero-order valence-electron chi connectivity index (χ0n) is 20.0. The van der Waals surface area contributed by atoms with Crippen LogP contribution in [0.2, 0.25) is 0 Å². The SMILES string of the molecule is CC(=O)O[C@@H]1CC[C@@]2(C)[C@@H](C1)C[C@@H](OC(C)=O)[C@@H]1[C@@H]2C[C@H](OC(C)=O)[C@]2(C)[C@@H](O)CC[C@@H]12. The summed E-state index contributed by atoms with van der Waals surface area (Å²) in [4.78, 5) is 35.6. The molecule has 0 saturated heterocycles. The first-order valence-corrected chi connectivity index (χ1v) is 12.2. The fourth-order valence-corrected chi connectivity index (χ4v) is 8.14. The Balaban J connectivity index is 1.71. The molecule has 0 aromatic heterocycles. The predicted molar refractivity (Wildman–Crippen MR) is 115 cm³/mol. The summed E-state index contributed by atoms with van der Waals surface area (Å²) in [6.45, 7) is 8.71. The van der Waals surface area contributed by atoms with Gasteiger partial charge in [0.25, 0.3) is 0 Å². The van der Waals surface area contributed by atoms with Crippen LogP contribution < -0.4 is 0 Å². The third kappa shape index (κ3) is 3.74. The lowest BCUT2D eigenvalue weighted by Gasteiger charge is -2.63. The summed E-state index contributed by atoms with van der Waals surface area (Å²) in [7, 11) is 0. The molecule has 0 spiro atoms. The van der Waals surface area contributed by atoms with Gasteiger partial charge in [0, 0.05) is 32.1 Å². The number of esters is 3. The summed E-state index contributed by atoms with van der Waals surface area (Å²) in [5.74, 6) is -0.163. The van der Waals surface area contributed by atoms with Crippen LogP contribution in [0.1, 0.15) is 79.6 Å². The van der Waals surface area contributed by atoms with Crippen molar-refractivity contribution in [2.45, 2.75) is 104 Å². The molecule has 1 N–H and O–H groups in total. The van der Waals surface area contributed by atoms with Crippen molar-refractivity contribution < 1.29 is 33.7 Å². The molecule has 10 atom stereocenters. The Kier molecular flexibility index (Phi) is 6.10. The molecule has 4 aliphatic rings. The highest BCUT2D eigenvalue weighted by atomic mass is 16.6. The molecule has 180 valence electrons. The van der Waals surface area contributed by atoms with Crippen LogP contribution in [0.5, 0.6) is 0 Å². The van der Waals surface area contributed by atoms with Gasteiger partial charge in [-0.15, -0.1) is 0 Å². The Labute approximate surface area is 190 Å². The summed E-state index contributed by atoms with van der Waals surface area (Å²) in [5.41, 5.74) is -0.561. The molecular weight excluding hydrogens is 412 g/mol. The van der Waals surface area contributed by atoms with Crippen LogP contribution in [-0.4, -0.2) is 47.4 Å². The van der Waals surface area contributed by atoms with E-state index < -0.39 is 11.5 Å². The molecule has 32 heavy (non-hydrogen) atoms. The normalized spacial score (nSPS) is 47.4. The average molecular weight is 451 g/mol. The van der Waals surface area contributed by atoms with E-state index in [1.807, 2.05) is 0 Å². The van der Waals surface area contributed by atoms with Crippen LogP contribution >= 0.6 is 0 Å². The molecule has 7 heteroatoms. The number of hydrogen-bond acceptors (Lipinski definition) is 7. The zero-order valence-corrected chi connectivity index (χ0v) is 20.0. The topological polar surface area (TPSA) is 99.1 Å². The molecule has 0 aromatic carbocycles. The van der Waals surface area contributed by atoms with Gasteiger partial charge in [-0.3, -0.25) is 14.4 Å². The molecule has 4 aliphatic carbocycles. The number of hydrogen-bond donors (Lipinski definition) is 1. The first-order chi connectivity index (χ1) is 15.0. The van der Waals surface area contributed by atoms with Crippen molar-refractivity contribution >= 4 is 17.9 Å². The van der Waals surface area contributed by atoms with Gasteiger partial charge in [-0.2, -0.15) is 0 Å². The van der Waals surface area contributed by atoms with E-state index in [1.165, 1.54) is 20.8 Å². The first kappa shape index (κ1) is 23.5. The number of carbonyl (C=O) groups excluding carboxylic acids is 3. The van der Waals surface area contributed by atoms with Crippen molar-refractivity contribution in [3.63, 3.8) is 0 Å². The number of fused-ring (bicyclic) bond motifs is 5. The van der Waals surface area contributed by atoms with Crippen molar-refractivity contribution in [2.24, 2.45) is 34.5 Å². The Hall–Kier alpha value is -1.63. The van der Waals surface area contributed by atoms with Gasteiger partial charge in [0.2, 0.25) is 0 Å². The Bertz CT molecular complexity index is 780. The van der Waals surface area contributed by atoms with E-state index in [0.29, 0.717) is 12.8 Å². The molecule has 0 heterocycles. The number of aliphatic hydroxyl groups excluding tert-OH is 1.